The average Bonchev–Trinajstić information content (AvgIpc) is 3.08. The Morgan fingerprint density at radius 1 is 1.22 bits per heavy atom. The molecule has 2 aliphatic rings. The molecule has 0 spiro atoms. The molecule has 0 N–H and O–H groups in total. The van der Waals surface area contributed by atoms with Crippen LogP contribution in [0.25, 0.3) is 6.08 Å². The second kappa shape index (κ2) is 6.56. The van der Waals surface area contributed by atoms with Crippen LogP contribution >= 0.6 is 0 Å². The molecule has 0 aliphatic carbocycles. The van der Waals surface area contributed by atoms with E-state index in [1.165, 1.54) is 12.1 Å². The summed E-state index contributed by atoms with van der Waals surface area (Å²) < 4.78 is 5.17. The number of nitrogens with zero attached hydrogens (tertiary/aromatic N) is 4. The summed E-state index contributed by atoms with van der Waals surface area (Å²) in [5, 5.41) is 17.0. The number of nitro benzene ring substituents is 1. The van der Waals surface area contributed by atoms with E-state index >= 15 is 0 Å². The van der Waals surface area contributed by atoms with Crippen LogP contribution in [0.1, 0.15) is 12.5 Å². The molecule has 0 amide bonds. The van der Waals surface area contributed by atoms with Gasteiger partial charge >= 0.3 is 5.97 Å². The molecule has 2 heterocycles. The van der Waals surface area contributed by atoms with E-state index in [-0.39, 0.29) is 24.3 Å². The highest BCUT2D eigenvalue weighted by Crippen LogP contribution is 2.36. The van der Waals surface area contributed by atoms with Crippen LogP contribution in [0.2, 0.25) is 0 Å². The zero-order chi connectivity index (χ0) is 19.0. The number of carbonyl (C=O) groups is 1. The fraction of sp³-hybridized carbons (Fsp3) is 0.158. The van der Waals surface area contributed by atoms with Gasteiger partial charge in [0.1, 0.15) is 6.17 Å². The highest BCUT2D eigenvalue weighted by molar-refractivity contribution is 6.42. The van der Waals surface area contributed by atoms with Gasteiger partial charge in [-0.3, -0.25) is 15.0 Å². The molecule has 2 aliphatic heterocycles. The van der Waals surface area contributed by atoms with Crippen molar-refractivity contribution in [3.05, 3.63) is 70.3 Å². The molecule has 0 radical (unpaired) electrons. The predicted molar refractivity (Wildman–Crippen MR) is 101 cm³/mol. The fourth-order valence-electron chi connectivity index (χ4n) is 3.18. The Morgan fingerprint density at radius 3 is 2.67 bits per heavy atom. The number of ether oxygens (including phenoxy) is 1. The highest BCUT2D eigenvalue weighted by Gasteiger charge is 2.41. The van der Waals surface area contributed by atoms with Gasteiger partial charge in [-0.2, -0.15) is 0 Å². The summed E-state index contributed by atoms with van der Waals surface area (Å²) in [6.07, 6.45) is 3.54. The van der Waals surface area contributed by atoms with E-state index in [0.717, 1.165) is 11.3 Å². The van der Waals surface area contributed by atoms with Crippen molar-refractivity contribution in [1.82, 2.24) is 0 Å². The minimum Gasteiger partial charge on any atom is -0.460 e. The van der Waals surface area contributed by atoms with Crippen LogP contribution in [0.15, 0.2) is 59.7 Å². The molecule has 0 fully saturated rings. The van der Waals surface area contributed by atoms with E-state index in [1.54, 1.807) is 24.1 Å². The average molecular weight is 364 g/mol. The van der Waals surface area contributed by atoms with E-state index in [9.17, 15) is 14.9 Å². The number of amidine groups is 1. The number of non-ortho nitro benzene ring substituents is 1. The largest absolute Gasteiger partial charge is 0.460 e. The molecule has 1 atom stereocenters. The summed E-state index contributed by atoms with van der Waals surface area (Å²) in [7, 11) is 0. The molecule has 0 bridgehead atoms. The quantitative estimate of drug-likeness (QED) is 0.470. The second-order valence-electron chi connectivity index (χ2n) is 5.96. The fourth-order valence-corrected chi connectivity index (χ4v) is 3.18. The highest BCUT2D eigenvalue weighted by atomic mass is 16.6. The van der Waals surface area contributed by atoms with Crippen molar-refractivity contribution in [3.8, 4) is 0 Å². The first-order valence-electron chi connectivity index (χ1n) is 8.46. The van der Waals surface area contributed by atoms with Gasteiger partial charge in [0.05, 0.1) is 22.9 Å². The summed E-state index contributed by atoms with van der Waals surface area (Å²) in [5.41, 5.74) is 2.45. The monoisotopic (exact) mass is 364 g/mol. The number of benzene rings is 2. The van der Waals surface area contributed by atoms with Crippen molar-refractivity contribution in [2.24, 2.45) is 5.10 Å². The summed E-state index contributed by atoms with van der Waals surface area (Å²) in [6, 6.07) is 13.8. The number of hydrogen-bond donors (Lipinski definition) is 0. The van der Waals surface area contributed by atoms with Crippen molar-refractivity contribution in [2.45, 2.75) is 13.1 Å². The Hall–Kier alpha value is -3.68. The van der Waals surface area contributed by atoms with Crippen LogP contribution in [-0.2, 0) is 9.53 Å². The minimum atomic E-state index is -0.517. The Morgan fingerprint density at radius 2 is 1.96 bits per heavy atom. The lowest BCUT2D eigenvalue weighted by Gasteiger charge is -2.32. The molecule has 27 heavy (non-hydrogen) atoms. The van der Waals surface area contributed by atoms with E-state index in [2.05, 4.69) is 5.10 Å². The number of esters is 1. The van der Waals surface area contributed by atoms with Gasteiger partial charge < -0.3 is 4.74 Å². The van der Waals surface area contributed by atoms with Gasteiger partial charge in [-0.15, -0.1) is 5.10 Å². The van der Waals surface area contributed by atoms with Crippen molar-refractivity contribution < 1.29 is 14.5 Å². The van der Waals surface area contributed by atoms with Crippen LogP contribution in [0.3, 0.4) is 0 Å². The van der Waals surface area contributed by atoms with Gasteiger partial charge in [-0.05, 0) is 36.8 Å². The number of carbonyl (C=O) groups excluding carboxylic acids is 1. The maximum atomic E-state index is 12.5. The number of anilines is 2. The lowest BCUT2D eigenvalue weighted by atomic mass is 10.1. The predicted octanol–water partition coefficient (Wildman–Crippen LogP) is 3.15. The molecular formula is C19H16N4O4. The van der Waals surface area contributed by atoms with Crippen molar-refractivity contribution in [2.75, 3.05) is 16.5 Å². The van der Waals surface area contributed by atoms with Crippen LogP contribution in [0.5, 0.6) is 0 Å². The first-order valence-corrected chi connectivity index (χ1v) is 8.46. The molecular weight excluding hydrogens is 348 g/mol. The summed E-state index contributed by atoms with van der Waals surface area (Å²) in [5.74, 6) is -0.339. The number of hydrazone groups is 1. The standard InChI is InChI=1S/C19H16N4O4/c1-2-27-19(24)18-20-22(14-8-10-15(11-9-14)23(25)26)17-12-7-13-5-3-4-6-16(13)21(17)18/h3-12,17H,2H2,1H3/t17-/m0/s1. The Kier molecular flexibility index (Phi) is 4.08. The lowest BCUT2D eigenvalue weighted by Crippen LogP contribution is -2.45. The maximum absolute atomic E-state index is 12.5. The van der Waals surface area contributed by atoms with Gasteiger partial charge in [0.15, 0.2) is 0 Å². The van der Waals surface area contributed by atoms with E-state index < -0.39 is 10.9 Å². The van der Waals surface area contributed by atoms with E-state index in [1.807, 2.05) is 41.3 Å². The lowest BCUT2D eigenvalue weighted by molar-refractivity contribution is -0.384. The van der Waals surface area contributed by atoms with E-state index in [0.29, 0.717) is 5.69 Å². The molecule has 136 valence electrons. The van der Waals surface area contributed by atoms with Crippen LogP contribution in [0.4, 0.5) is 17.1 Å². The Balaban J connectivity index is 1.77. The van der Waals surface area contributed by atoms with Crippen molar-refractivity contribution in [1.29, 1.82) is 0 Å². The molecule has 0 saturated carbocycles. The molecule has 0 saturated heterocycles. The first-order chi connectivity index (χ1) is 13.1. The van der Waals surface area contributed by atoms with Gasteiger partial charge in [-0.25, -0.2) is 9.80 Å². The third kappa shape index (κ3) is 2.80. The molecule has 2 aromatic carbocycles. The van der Waals surface area contributed by atoms with Crippen LogP contribution in [-0.4, -0.2) is 29.5 Å². The number of para-hydroxylation sites is 1. The number of nitro groups is 1. The molecule has 8 heteroatoms. The van der Waals surface area contributed by atoms with Crippen molar-refractivity contribution >= 4 is 34.9 Å². The SMILES string of the molecule is CCOC(=O)C1=NN(c2ccc([N+](=O)[O-])cc2)[C@H]2C=Cc3ccccc3N12. The third-order valence-corrected chi connectivity index (χ3v) is 4.37. The summed E-state index contributed by atoms with van der Waals surface area (Å²) in [4.78, 5) is 24.8. The second-order valence-corrected chi connectivity index (χ2v) is 5.96. The Labute approximate surface area is 155 Å². The zero-order valence-corrected chi connectivity index (χ0v) is 14.5. The maximum Gasteiger partial charge on any atom is 0.376 e. The number of fused-ring (bicyclic) bond motifs is 3. The molecule has 0 unspecified atom stereocenters. The molecule has 2 aromatic rings. The van der Waals surface area contributed by atoms with Gasteiger partial charge in [0, 0.05) is 12.1 Å². The van der Waals surface area contributed by atoms with Gasteiger partial charge in [0.2, 0.25) is 5.84 Å². The van der Waals surface area contributed by atoms with Crippen molar-refractivity contribution in [3.63, 3.8) is 0 Å². The van der Waals surface area contributed by atoms with Gasteiger partial charge in [-0.1, -0.05) is 24.3 Å². The summed E-state index contributed by atoms with van der Waals surface area (Å²) in [6.45, 7) is 1.98. The van der Waals surface area contributed by atoms with Crippen LogP contribution < -0.4 is 9.91 Å². The molecule has 8 nitrogen and oxygen atoms in total. The first kappa shape index (κ1) is 16.8. The smallest absolute Gasteiger partial charge is 0.376 e. The minimum absolute atomic E-state index is 0.00562. The zero-order valence-electron chi connectivity index (χ0n) is 14.5. The van der Waals surface area contributed by atoms with E-state index in [4.69, 9.17) is 4.74 Å². The number of hydrogen-bond acceptors (Lipinski definition) is 7. The molecule has 0 aromatic heterocycles. The number of rotatable bonds is 4. The third-order valence-electron chi connectivity index (χ3n) is 4.37. The normalized spacial score (nSPS) is 17.2. The summed E-state index contributed by atoms with van der Waals surface area (Å²) >= 11 is 0. The van der Waals surface area contributed by atoms with Gasteiger partial charge in [0.25, 0.3) is 5.69 Å². The van der Waals surface area contributed by atoms with Crippen LogP contribution in [0, 0.1) is 10.1 Å². The molecule has 4 rings (SSSR count). The topological polar surface area (TPSA) is 88.3 Å². The Bertz CT molecular complexity index is 968.